The molecule has 0 aliphatic heterocycles. The van der Waals surface area contributed by atoms with E-state index in [4.69, 9.17) is 0 Å². The van der Waals surface area contributed by atoms with Crippen molar-refractivity contribution in [1.82, 2.24) is 4.57 Å². The molecule has 4 nitrogen and oxygen atoms in total. The van der Waals surface area contributed by atoms with E-state index in [1.165, 1.54) is 17.4 Å². The Bertz CT molecular complexity index is 1920. The molecule has 2 heterocycles. The highest BCUT2D eigenvalue weighted by molar-refractivity contribution is 7.26. The Morgan fingerprint density at radius 2 is 1.46 bits per heavy atom. The summed E-state index contributed by atoms with van der Waals surface area (Å²) in [7, 11) is 0. The molecule has 0 spiro atoms. The van der Waals surface area contributed by atoms with E-state index in [-0.39, 0.29) is 16.6 Å². The van der Waals surface area contributed by atoms with Crippen LogP contribution >= 0.6 is 11.3 Å². The molecule has 4 aromatic carbocycles. The zero-order valence-electron chi connectivity index (χ0n) is 18.9. The van der Waals surface area contributed by atoms with Crippen LogP contribution in [0.15, 0.2) is 95.8 Å². The molecular formula is C29H16F3NO3S. The molecule has 0 aliphatic rings. The second-order valence-electron chi connectivity index (χ2n) is 8.54. The van der Waals surface area contributed by atoms with Crippen molar-refractivity contribution in [3.05, 3.63) is 107 Å². The first-order valence-electron chi connectivity index (χ1n) is 11.2. The number of aromatic hydroxyl groups is 1. The largest absolute Gasteiger partial charge is 0.506 e. The minimum atomic E-state index is -5.34. The first-order chi connectivity index (χ1) is 17.8. The Hall–Kier alpha value is -4.43. The molecule has 0 fully saturated rings. The Morgan fingerprint density at radius 1 is 0.784 bits per heavy atom. The fourth-order valence-electron chi connectivity index (χ4n) is 4.68. The predicted octanol–water partition coefficient (Wildman–Crippen LogP) is 7.48. The van der Waals surface area contributed by atoms with Crippen LogP contribution in [0.5, 0.6) is 5.75 Å². The summed E-state index contributed by atoms with van der Waals surface area (Å²) in [6.45, 7) is 0. The third-order valence-corrected chi connectivity index (χ3v) is 7.54. The molecule has 0 atom stereocenters. The molecule has 1 N–H and O–H groups in total. The van der Waals surface area contributed by atoms with Gasteiger partial charge in [0, 0.05) is 26.5 Å². The SMILES string of the molecule is O=C(c1c(O)c2ccc3c4ccccc4sc3c2n(-c2cccc(-c3ccccc3)c2)c1=O)C(F)(F)F. The summed E-state index contributed by atoms with van der Waals surface area (Å²) in [6, 6.07) is 26.8. The minimum absolute atomic E-state index is 0.0172. The van der Waals surface area contributed by atoms with Crippen molar-refractivity contribution in [2.75, 3.05) is 0 Å². The zero-order valence-corrected chi connectivity index (χ0v) is 19.7. The molecule has 0 aliphatic carbocycles. The number of hydrogen-bond acceptors (Lipinski definition) is 4. The van der Waals surface area contributed by atoms with Gasteiger partial charge >= 0.3 is 6.18 Å². The first kappa shape index (κ1) is 23.0. The van der Waals surface area contributed by atoms with Crippen molar-refractivity contribution in [3.8, 4) is 22.6 Å². The summed E-state index contributed by atoms with van der Waals surface area (Å²) in [5, 5.41) is 12.6. The third kappa shape index (κ3) is 3.60. The minimum Gasteiger partial charge on any atom is -0.506 e. The maximum Gasteiger partial charge on any atom is 0.455 e. The lowest BCUT2D eigenvalue weighted by atomic mass is 10.0. The van der Waals surface area contributed by atoms with E-state index in [1.807, 2.05) is 60.7 Å². The van der Waals surface area contributed by atoms with E-state index in [9.17, 15) is 27.9 Å². The number of thiophene rings is 1. The number of rotatable bonds is 3. The van der Waals surface area contributed by atoms with Crippen molar-refractivity contribution < 1.29 is 23.1 Å². The van der Waals surface area contributed by atoms with E-state index >= 15 is 0 Å². The number of nitrogens with zero attached hydrogens (tertiary/aromatic N) is 1. The summed E-state index contributed by atoms with van der Waals surface area (Å²) >= 11 is 1.36. The molecule has 37 heavy (non-hydrogen) atoms. The molecule has 0 amide bonds. The number of pyridine rings is 1. The maximum atomic E-state index is 13.7. The van der Waals surface area contributed by atoms with Crippen LogP contribution in [-0.2, 0) is 0 Å². The van der Waals surface area contributed by atoms with Gasteiger partial charge in [-0.2, -0.15) is 13.2 Å². The van der Waals surface area contributed by atoms with Gasteiger partial charge in [0.05, 0.1) is 10.2 Å². The second kappa shape index (κ2) is 8.31. The summed E-state index contributed by atoms with van der Waals surface area (Å²) in [4.78, 5) is 26.0. The molecule has 2 aromatic heterocycles. The monoisotopic (exact) mass is 515 g/mol. The number of carbonyl (C=O) groups is 1. The van der Waals surface area contributed by atoms with Gasteiger partial charge in [0.1, 0.15) is 11.3 Å². The lowest BCUT2D eigenvalue weighted by molar-refractivity contribution is -0.0887. The number of hydrogen-bond donors (Lipinski definition) is 1. The Labute approximate surface area is 211 Å². The van der Waals surface area contributed by atoms with Crippen LogP contribution < -0.4 is 5.56 Å². The fourth-order valence-corrected chi connectivity index (χ4v) is 5.93. The molecule has 0 saturated heterocycles. The lowest BCUT2D eigenvalue weighted by Crippen LogP contribution is -2.33. The standard InChI is InChI=1S/C29H16F3NO3S/c30-29(31,32)27(35)23-25(34)21-14-13-20-19-11-4-5-12-22(19)37-26(20)24(21)33(28(23)36)18-10-6-9-17(15-18)16-7-2-1-3-8-16/h1-15,34H. The number of benzene rings is 4. The van der Waals surface area contributed by atoms with Crippen LogP contribution in [0.1, 0.15) is 10.4 Å². The number of Topliss-reactive ketones (excluding diaryl/α,β-unsaturated/α-hetero) is 1. The molecule has 182 valence electrons. The summed E-state index contributed by atoms with van der Waals surface area (Å²) in [5.74, 6) is -3.36. The lowest BCUT2D eigenvalue weighted by Gasteiger charge is -2.17. The van der Waals surface area contributed by atoms with Crippen LogP contribution in [0.25, 0.3) is 47.9 Å². The van der Waals surface area contributed by atoms with Gasteiger partial charge in [-0.3, -0.25) is 14.2 Å². The van der Waals surface area contributed by atoms with E-state index in [0.29, 0.717) is 4.70 Å². The highest BCUT2D eigenvalue weighted by Gasteiger charge is 2.43. The average molecular weight is 516 g/mol. The molecule has 0 saturated carbocycles. The molecule has 8 heteroatoms. The van der Waals surface area contributed by atoms with Crippen molar-refractivity contribution in [3.63, 3.8) is 0 Å². The average Bonchev–Trinajstić information content (AvgIpc) is 3.28. The first-order valence-corrected chi connectivity index (χ1v) is 12.1. The van der Waals surface area contributed by atoms with Gasteiger partial charge in [0.15, 0.2) is 0 Å². The van der Waals surface area contributed by atoms with Crippen molar-refractivity contribution in [1.29, 1.82) is 0 Å². The summed E-state index contributed by atoms with van der Waals surface area (Å²) < 4.78 is 43.1. The van der Waals surface area contributed by atoms with Crippen LogP contribution in [0.2, 0.25) is 0 Å². The quantitative estimate of drug-likeness (QED) is 0.249. The number of carbonyl (C=O) groups excluding carboxylic acids is 1. The van der Waals surface area contributed by atoms with E-state index in [1.54, 1.807) is 24.3 Å². The molecule has 0 unspecified atom stereocenters. The van der Waals surface area contributed by atoms with Gasteiger partial charge in [0.2, 0.25) is 0 Å². The van der Waals surface area contributed by atoms with Crippen LogP contribution in [0.4, 0.5) is 13.2 Å². The number of ketones is 1. The Balaban J connectivity index is 1.78. The van der Waals surface area contributed by atoms with E-state index in [2.05, 4.69) is 0 Å². The smallest absolute Gasteiger partial charge is 0.455 e. The Morgan fingerprint density at radius 3 is 2.22 bits per heavy atom. The van der Waals surface area contributed by atoms with E-state index in [0.717, 1.165) is 31.2 Å². The maximum absolute atomic E-state index is 13.7. The normalized spacial score (nSPS) is 12.0. The molecule has 0 radical (unpaired) electrons. The van der Waals surface area contributed by atoms with Gasteiger partial charge in [0.25, 0.3) is 11.3 Å². The molecular weight excluding hydrogens is 499 g/mol. The Kier molecular flexibility index (Phi) is 5.17. The van der Waals surface area contributed by atoms with Crippen LogP contribution in [0.3, 0.4) is 0 Å². The van der Waals surface area contributed by atoms with Gasteiger partial charge in [-0.1, -0.05) is 66.7 Å². The topological polar surface area (TPSA) is 59.3 Å². The number of halogens is 3. The van der Waals surface area contributed by atoms with Gasteiger partial charge in [-0.05, 0) is 35.4 Å². The summed E-state index contributed by atoms with van der Waals surface area (Å²) in [6.07, 6.45) is -5.34. The van der Waals surface area contributed by atoms with Crippen molar-refractivity contribution in [2.24, 2.45) is 0 Å². The summed E-state index contributed by atoms with van der Waals surface area (Å²) in [5.41, 5.74) is -0.437. The predicted molar refractivity (Wildman–Crippen MR) is 140 cm³/mol. The molecule has 0 bridgehead atoms. The molecule has 6 aromatic rings. The third-order valence-electron chi connectivity index (χ3n) is 6.35. The molecule has 6 rings (SSSR count). The van der Waals surface area contributed by atoms with Gasteiger partial charge in [-0.25, -0.2) is 0 Å². The van der Waals surface area contributed by atoms with E-state index < -0.39 is 28.8 Å². The van der Waals surface area contributed by atoms with Gasteiger partial charge in [-0.15, -0.1) is 11.3 Å². The van der Waals surface area contributed by atoms with Crippen molar-refractivity contribution >= 4 is 48.2 Å². The second-order valence-corrected chi connectivity index (χ2v) is 9.60. The van der Waals surface area contributed by atoms with Gasteiger partial charge < -0.3 is 5.11 Å². The number of alkyl halides is 3. The van der Waals surface area contributed by atoms with Crippen LogP contribution in [0, 0.1) is 0 Å². The number of fused-ring (bicyclic) bond motifs is 5. The van der Waals surface area contributed by atoms with Crippen LogP contribution in [-0.4, -0.2) is 21.6 Å². The fraction of sp³-hybridized carbons (Fsp3) is 0.0345. The zero-order chi connectivity index (χ0) is 25.9. The highest BCUT2D eigenvalue weighted by atomic mass is 32.1. The van der Waals surface area contributed by atoms with Crippen molar-refractivity contribution in [2.45, 2.75) is 6.18 Å². The highest BCUT2D eigenvalue weighted by Crippen LogP contribution is 2.42. The number of aromatic nitrogens is 1.